The molecule has 0 aliphatic rings. The molecule has 76 valence electrons. The van der Waals surface area contributed by atoms with Gasteiger partial charge in [-0.25, -0.2) is 4.98 Å². The lowest BCUT2D eigenvalue weighted by Crippen LogP contribution is -1.99. The van der Waals surface area contributed by atoms with Crippen molar-refractivity contribution in [3.8, 4) is 0 Å². The third kappa shape index (κ3) is 2.11. The summed E-state index contributed by atoms with van der Waals surface area (Å²) >= 11 is 1.23. The highest BCUT2D eigenvalue weighted by molar-refractivity contribution is 7.13. The number of aliphatic hydroxyl groups is 1. The molecule has 0 aliphatic heterocycles. The number of ketones is 1. The van der Waals surface area contributed by atoms with Crippen LogP contribution in [0.5, 0.6) is 0 Å². The number of aliphatic hydroxyl groups excluding tert-OH is 1. The van der Waals surface area contributed by atoms with E-state index in [1.165, 1.54) is 17.5 Å². The average Bonchev–Trinajstić information content (AvgIpc) is 2.78. The zero-order valence-corrected chi connectivity index (χ0v) is 8.70. The summed E-state index contributed by atoms with van der Waals surface area (Å²) in [6.07, 6.45) is 1.53. The Balaban J connectivity index is 2.29. The molecule has 1 aromatic heterocycles. The minimum absolute atomic E-state index is 0.0697. The molecule has 0 atom stereocenters. The lowest BCUT2D eigenvalue weighted by molar-refractivity contribution is 0.103. The Labute approximate surface area is 91.0 Å². The van der Waals surface area contributed by atoms with Crippen molar-refractivity contribution in [3.05, 3.63) is 52.0 Å². The van der Waals surface area contributed by atoms with Crippen molar-refractivity contribution in [2.75, 3.05) is 0 Å². The van der Waals surface area contributed by atoms with Gasteiger partial charge in [-0.1, -0.05) is 30.3 Å². The van der Waals surface area contributed by atoms with Gasteiger partial charge in [0.2, 0.25) is 5.78 Å². The standard InChI is InChI=1S/C11H9NO2S/c13-7-9-6-12-11(15-9)10(14)8-4-2-1-3-5-8/h1-6,13H,7H2. The third-order valence-corrected chi connectivity index (χ3v) is 2.92. The molecule has 0 unspecified atom stereocenters. The maximum absolute atomic E-state index is 11.8. The van der Waals surface area contributed by atoms with Crippen LogP contribution in [0.15, 0.2) is 36.5 Å². The van der Waals surface area contributed by atoms with Gasteiger partial charge in [0.25, 0.3) is 0 Å². The normalized spacial score (nSPS) is 10.2. The van der Waals surface area contributed by atoms with Crippen molar-refractivity contribution < 1.29 is 9.90 Å². The van der Waals surface area contributed by atoms with Crippen LogP contribution >= 0.6 is 11.3 Å². The molecule has 2 aromatic rings. The van der Waals surface area contributed by atoms with Gasteiger partial charge < -0.3 is 5.11 Å². The van der Waals surface area contributed by atoms with E-state index in [4.69, 9.17) is 5.11 Å². The Bertz CT molecular complexity index is 464. The Hall–Kier alpha value is -1.52. The molecule has 15 heavy (non-hydrogen) atoms. The maximum atomic E-state index is 11.8. The van der Waals surface area contributed by atoms with Gasteiger partial charge in [-0.2, -0.15) is 0 Å². The summed E-state index contributed by atoms with van der Waals surface area (Å²) in [6, 6.07) is 8.99. The van der Waals surface area contributed by atoms with Crippen LogP contribution in [-0.4, -0.2) is 15.9 Å². The lowest BCUT2D eigenvalue weighted by Gasteiger charge is -1.94. The fourth-order valence-electron chi connectivity index (χ4n) is 1.20. The minimum atomic E-state index is -0.0969. The molecule has 0 fully saturated rings. The summed E-state index contributed by atoms with van der Waals surface area (Å²) in [5.41, 5.74) is 0.622. The van der Waals surface area contributed by atoms with E-state index in [0.717, 1.165) is 0 Å². The molecule has 0 aliphatic carbocycles. The van der Waals surface area contributed by atoms with E-state index in [9.17, 15) is 4.79 Å². The highest BCUT2D eigenvalue weighted by atomic mass is 32.1. The van der Waals surface area contributed by atoms with Crippen LogP contribution in [0.1, 0.15) is 20.2 Å². The van der Waals surface area contributed by atoms with Crippen LogP contribution in [0.3, 0.4) is 0 Å². The van der Waals surface area contributed by atoms with Crippen LogP contribution in [-0.2, 0) is 6.61 Å². The molecule has 0 bridgehead atoms. The Kier molecular flexibility index (Phi) is 2.89. The summed E-state index contributed by atoms with van der Waals surface area (Å²) < 4.78 is 0. The second-order valence-electron chi connectivity index (χ2n) is 2.98. The van der Waals surface area contributed by atoms with E-state index in [2.05, 4.69) is 4.98 Å². The summed E-state index contributed by atoms with van der Waals surface area (Å²) in [5, 5.41) is 9.28. The zero-order chi connectivity index (χ0) is 10.7. The van der Waals surface area contributed by atoms with Crippen LogP contribution in [0, 0.1) is 0 Å². The van der Waals surface area contributed by atoms with E-state index in [1.54, 1.807) is 12.1 Å². The number of hydrogen-bond acceptors (Lipinski definition) is 4. The SMILES string of the molecule is O=C(c1ccccc1)c1ncc(CO)s1. The van der Waals surface area contributed by atoms with Crippen molar-refractivity contribution in [1.29, 1.82) is 0 Å². The number of carbonyl (C=O) groups excluding carboxylic acids is 1. The number of aromatic nitrogens is 1. The van der Waals surface area contributed by atoms with Crippen LogP contribution in [0.4, 0.5) is 0 Å². The van der Waals surface area contributed by atoms with Crippen molar-refractivity contribution in [1.82, 2.24) is 4.98 Å². The fourth-order valence-corrected chi connectivity index (χ4v) is 1.93. The van der Waals surface area contributed by atoms with Gasteiger partial charge in [0.15, 0.2) is 5.01 Å². The van der Waals surface area contributed by atoms with Crippen molar-refractivity contribution >= 4 is 17.1 Å². The minimum Gasteiger partial charge on any atom is -0.391 e. The van der Waals surface area contributed by atoms with E-state index in [-0.39, 0.29) is 12.4 Å². The molecule has 0 spiro atoms. The maximum Gasteiger partial charge on any atom is 0.221 e. The second kappa shape index (κ2) is 4.33. The first kappa shape index (κ1) is 10.0. The molecule has 1 aromatic carbocycles. The molecule has 0 amide bonds. The topological polar surface area (TPSA) is 50.2 Å². The summed E-state index contributed by atoms with van der Waals surface area (Å²) in [7, 11) is 0. The van der Waals surface area contributed by atoms with E-state index >= 15 is 0 Å². The van der Waals surface area contributed by atoms with Gasteiger partial charge in [0.1, 0.15) is 0 Å². The van der Waals surface area contributed by atoms with Gasteiger partial charge >= 0.3 is 0 Å². The molecule has 0 saturated heterocycles. The van der Waals surface area contributed by atoms with Gasteiger partial charge in [0.05, 0.1) is 11.5 Å². The fraction of sp³-hybridized carbons (Fsp3) is 0.0909. The van der Waals surface area contributed by atoms with Crippen LogP contribution < -0.4 is 0 Å². The predicted octanol–water partition coefficient (Wildman–Crippen LogP) is 1.87. The first-order valence-corrected chi connectivity index (χ1v) is 5.28. The average molecular weight is 219 g/mol. The largest absolute Gasteiger partial charge is 0.391 e. The molecule has 1 heterocycles. The molecule has 3 nitrogen and oxygen atoms in total. The van der Waals surface area contributed by atoms with E-state index < -0.39 is 0 Å². The van der Waals surface area contributed by atoms with Gasteiger partial charge in [-0.3, -0.25) is 4.79 Å². The highest BCUT2D eigenvalue weighted by Gasteiger charge is 2.12. The first-order valence-electron chi connectivity index (χ1n) is 4.46. The molecule has 0 radical (unpaired) electrons. The molecular formula is C11H9NO2S. The zero-order valence-electron chi connectivity index (χ0n) is 7.88. The summed E-state index contributed by atoms with van der Waals surface area (Å²) in [6.45, 7) is -0.0697. The molecule has 2 rings (SSSR count). The molecule has 4 heteroatoms. The Morgan fingerprint density at radius 3 is 2.67 bits per heavy atom. The third-order valence-electron chi connectivity index (χ3n) is 1.94. The van der Waals surface area contributed by atoms with Crippen LogP contribution in [0.25, 0.3) is 0 Å². The van der Waals surface area contributed by atoms with Crippen molar-refractivity contribution in [2.45, 2.75) is 6.61 Å². The van der Waals surface area contributed by atoms with Gasteiger partial charge in [0, 0.05) is 11.8 Å². The number of benzene rings is 1. The van der Waals surface area contributed by atoms with Crippen molar-refractivity contribution in [2.24, 2.45) is 0 Å². The number of hydrogen-bond donors (Lipinski definition) is 1. The number of carbonyl (C=O) groups is 1. The number of thiazole rings is 1. The smallest absolute Gasteiger partial charge is 0.221 e. The molecule has 0 saturated carbocycles. The van der Waals surface area contributed by atoms with Gasteiger partial charge in [-0.05, 0) is 0 Å². The van der Waals surface area contributed by atoms with Gasteiger partial charge in [-0.15, -0.1) is 11.3 Å². The molecule has 1 N–H and O–H groups in total. The number of rotatable bonds is 3. The van der Waals surface area contributed by atoms with Crippen LogP contribution in [0.2, 0.25) is 0 Å². The van der Waals surface area contributed by atoms with E-state index in [1.807, 2.05) is 18.2 Å². The highest BCUT2D eigenvalue weighted by Crippen LogP contribution is 2.16. The summed E-state index contributed by atoms with van der Waals surface area (Å²) in [4.78, 5) is 16.5. The Morgan fingerprint density at radius 2 is 2.07 bits per heavy atom. The lowest BCUT2D eigenvalue weighted by atomic mass is 10.1. The molecular weight excluding hydrogens is 210 g/mol. The second-order valence-corrected chi connectivity index (χ2v) is 4.10. The van der Waals surface area contributed by atoms with E-state index in [0.29, 0.717) is 15.4 Å². The Morgan fingerprint density at radius 1 is 1.33 bits per heavy atom. The predicted molar refractivity (Wildman–Crippen MR) is 57.9 cm³/mol. The van der Waals surface area contributed by atoms with Crippen molar-refractivity contribution in [3.63, 3.8) is 0 Å². The quantitative estimate of drug-likeness (QED) is 0.802. The number of nitrogens with zero attached hydrogens (tertiary/aromatic N) is 1. The first-order chi connectivity index (χ1) is 7.31. The summed E-state index contributed by atoms with van der Waals surface area (Å²) in [5.74, 6) is -0.0969. The monoisotopic (exact) mass is 219 g/mol.